The monoisotopic (exact) mass is 344 g/mol. The van der Waals surface area contributed by atoms with E-state index in [-0.39, 0.29) is 0 Å². The fraction of sp³-hybridized carbons (Fsp3) is 0.273. The van der Waals surface area contributed by atoms with Crippen molar-refractivity contribution in [1.82, 2.24) is 10.0 Å². The Labute approximate surface area is 156 Å². The van der Waals surface area contributed by atoms with Crippen LogP contribution in [0.1, 0.15) is 11.1 Å². The van der Waals surface area contributed by atoms with Crippen LogP contribution >= 0.6 is 0 Å². The normalized spacial score (nSPS) is 15.1. The van der Waals surface area contributed by atoms with Crippen molar-refractivity contribution in [2.45, 2.75) is 0 Å². The van der Waals surface area contributed by atoms with Crippen molar-refractivity contribution in [2.24, 2.45) is 0 Å². The van der Waals surface area contributed by atoms with E-state index in [1.807, 2.05) is 24.3 Å². The smallest absolute Gasteiger partial charge is 0.0519 e. The number of nitrogens with zero attached hydrogens (tertiary/aromatic N) is 4. The third-order valence-electron chi connectivity index (χ3n) is 4.90. The van der Waals surface area contributed by atoms with Gasteiger partial charge in [-0.3, -0.25) is 0 Å². The van der Waals surface area contributed by atoms with Crippen molar-refractivity contribution in [3.63, 3.8) is 0 Å². The lowest BCUT2D eigenvalue weighted by Gasteiger charge is -2.43. The molecule has 1 fully saturated rings. The Bertz CT molecular complexity index is 732. The molecule has 0 saturated carbocycles. The van der Waals surface area contributed by atoms with Gasteiger partial charge in [0.15, 0.2) is 0 Å². The summed E-state index contributed by atoms with van der Waals surface area (Å²) >= 11 is 0. The van der Waals surface area contributed by atoms with Gasteiger partial charge in [-0.05, 0) is 48.5 Å². The van der Waals surface area contributed by atoms with Crippen molar-refractivity contribution < 1.29 is 0 Å². The first-order valence-corrected chi connectivity index (χ1v) is 8.73. The second-order valence-corrected chi connectivity index (χ2v) is 6.34. The Hall–Kier alpha value is -2.92. The van der Waals surface area contributed by atoms with Gasteiger partial charge in [-0.25, -0.2) is 10.0 Å². The van der Waals surface area contributed by atoms with Gasteiger partial charge < -0.3 is 10.0 Å². The van der Waals surface area contributed by atoms with Crippen molar-refractivity contribution >= 4 is 11.4 Å². The van der Waals surface area contributed by atoms with Crippen LogP contribution in [0.25, 0.3) is 0 Å². The van der Waals surface area contributed by atoms with Crippen LogP contribution < -0.4 is 10.0 Å². The zero-order valence-electron chi connectivity index (χ0n) is 15.4. The lowest BCUT2D eigenvalue weighted by Crippen LogP contribution is -2.56. The highest BCUT2D eigenvalue weighted by Gasteiger charge is 2.22. The van der Waals surface area contributed by atoms with E-state index in [2.05, 4.69) is 70.2 Å². The van der Waals surface area contributed by atoms with E-state index in [0.717, 1.165) is 48.7 Å². The Morgan fingerprint density at radius 2 is 0.962 bits per heavy atom. The molecule has 0 unspecified atom stereocenters. The Morgan fingerprint density at radius 3 is 1.23 bits per heavy atom. The largest absolute Gasteiger partial charge is 0.309 e. The first-order valence-electron chi connectivity index (χ1n) is 8.73. The number of hydrazine groups is 2. The summed E-state index contributed by atoms with van der Waals surface area (Å²) in [7, 11) is 4.20. The number of terminal acetylenes is 2. The summed E-state index contributed by atoms with van der Waals surface area (Å²) < 4.78 is 0. The Kier molecular flexibility index (Phi) is 5.49. The van der Waals surface area contributed by atoms with Gasteiger partial charge >= 0.3 is 0 Å². The van der Waals surface area contributed by atoms with Crippen molar-refractivity contribution in [1.29, 1.82) is 0 Å². The number of hydrogen-bond donors (Lipinski definition) is 0. The fourth-order valence-corrected chi connectivity index (χ4v) is 3.16. The zero-order chi connectivity index (χ0) is 18.5. The van der Waals surface area contributed by atoms with E-state index in [1.165, 1.54) is 0 Å². The molecule has 1 aliphatic heterocycles. The molecule has 1 aliphatic rings. The number of benzene rings is 2. The summed E-state index contributed by atoms with van der Waals surface area (Å²) in [5.41, 5.74) is 4.11. The summed E-state index contributed by atoms with van der Waals surface area (Å²) in [5.74, 6) is 5.32. The molecule has 26 heavy (non-hydrogen) atoms. The molecule has 4 heteroatoms. The van der Waals surface area contributed by atoms with E-state index in [0.29, 0.717) is 0 Å². The van der Waals surface area contributed by atoms with Crippen molar-refractivity contribution in [3.8, 4) is 24.7 Å². The third kappa shape index (κ3) is 3.83. The fourth-order valence-electron chi connectivity index (χ4n) is 3.16. The zero-order valence-corrected chi connectivity index (χ0v) is 15.4. The maximum absolute atomic E-state index is 5.43. The van der Waals surface area contributed by atoms with E-state index in [1.54, 1.807) is 0 Å². The third-order valence-corrected chi connectivity index (χ3v) is 4.90. The number of hydrogen-bond acceptors (Lipinski definition) is 4. The molecule has 2 aromatic carbocycles. The molecule has 0 aromatic heterocycles. The minimum Gasteiger partial charge on any atom is -0.309 e. The first kappa shape index (κ1) is 17.9. The van der Waals surface area contributed by atoms with Gasteiger partial charge in [0.25, 0.3) is 0 Å². The summed E-state index contributed by atoms with van der Waals surface area (Å²) in [6, 6.07) is 16.2. The highest BCUT2D eigenvalue weighted by atomic mass is 15.7. The maximum Gasteiger partial charge on any atom is 0.0519 e. The molecular formula is C22H24N4. The molecule has 2 aromatic rings. The van der Waals surface area contributed by atoms with E-state index < -0.39 is 0 Å². The van der Waals surface area contributed by atoms with E-state index >= 15 is 0 Å². The number of rotatable bonds is 4. The summed E-state index contributed by atoms with van der Waals surface area (Å²) in [4.78, 5) is 0. The molecule has 132 valence electrons. The van der Waals surface area contributed by atoms with Gasteiger partial charge in [0.2, 0.25) is 0 Å². The minimum atomic E-state index is 0.907. The van der Waals surface area contributed by atoms with Gasteiger partial charge in [0, 0.05) is 51.4 Å². The molecule has 0 radical (unpaired) electrons. The number of piperazine rings is 1. The Balaban J connectivity index is 1.59. The molecule has 0 spiro atoms. The average Bonchev–Trinajstić information content (AvgIpc) is 2.73. The van der Waals surface area contributed by atoms with Crippen LogP contribution in [0.2, 0.25) is 0 Å². The van der Waals surface area contributed by atoms with Crippen LogP contribution in [0.4, 0.5) is 11.4 Å². The topological polar surface area (TPSA) is 13.0 Å². The van der Waals surface area contributed by atoms with Crippen LogP contribution in [0.5, 0.6) is 0 Å². The van der Waals surface area contributed by atoms with Crippen molar-refractivity contribution in [3.05, 3.63) is 59.7 Å². The minimum absolute atomic E-state index is 0.907. The van der Waals surface area contributed by atoms with Crippen molar-refractivity contribution in [2.75, 3.05) is 50.3 Å². The second kappa shape index (κ2) is 7.97. The highest BCUT2D eigenvalue weighted by molar-refractivity contribution is 5.50. The van der Waals surface area contributed by atoms with Gasteiger partial charge in [-0.2, -0.15) is 0 Å². The molecule has 0 amide bonds. The lowest BCUT2D eigenvalue weighted by molar-refractivity contribution is 0.122. The maximum atomic E-state index is 5.43. The van der Waals surface area contributed by atoms with Gasteiger partial charge in [-0.15, -0.1) is 12.8 Å². The van der Waals surface area contributed by atoms with Crippen LogP contribution in [0, 0.1) is 24.7 Å². The molecule has 1 saturated heterocycles. The first-order chi connectivity index (χ1) is 12.6. The SMILES string of the molecule is C#Cc1ccc(N(C)N2CCN(N(C)c3ccc(C#C)cc3)CC2)cc1. The van der Waals surface area contributed by atoms with E-state index in [4.69, 9.17) is 12.8 Å². The molecule has 3 rings (SSSR count). The standard InChI is InChI=1S/C22H24N4/c1-5-19-7-11-21(12-8-19)23(3)25-15-17-26(18-16-25)24(4)22-13-9-20(6-2)10-14-22/h1-2,7-14H,15-18H2,3-4H3. The second-order valence-electron chi connectivity index (χ2n) is 6.34. The molecule has 4 nitrogen and oxygen atoms in total. The van der Waals surface area contributed by atoms with Crippen LogP contribution in [-0.4, -0.2) is 50.3 Å². The quantitative estimate of drug-likeness (QED) is 0.791. The van der Waals surface area contributed by atoms with Crippen LogP contribution in [-0.2, 0) is 0 Å². The van der Waals surface area contributed by atoms with E-state index in [9.17, 15) is 0 Å². The number of anilines is 2. The average molecular weight is 344 g/mol. The van der Waals surface area contributed by atoms with Crippen LogP contribution in [0.3, 0.4) is 0 Å². The van der Waals surface area contributed by atoms with Gasteiger partial charge in [-0.1, -0.05) is 11.8 Å². The molecule has 1 heterocycles. The predicted octanol–water partition coefficient (Wildman–Crippen LogP) is 2.67. The highest BCUT2D eigenvalue weighted by Crippen LogP contribution is 2.20. The lowest BCUT2D eigenvalue weighted by atomic mass is 10.2. The summed E-state index contributed by atoms with van der Waals surface area (Å²) in [5, 5.41) is 9.13. The van der Waals surface area contributed by atoms with Crippen LogP contribution in [0.15, 0.2) is 48.5 Å². The van der Waals surface area contributed by atoms with Gasteiger partial charge in [0.1, 0.15) is 0 Å². The predicted molar refractivity (Wildman–Crippen MR) is 109 cm³/mol. The van der Waals surface area contributed by atoms with Gasteiger partial charge in [0.05, 0.1) is 11.4 Å². The molecule has 0 atom stereocenters. The molecule has 0 bridgehead atoms. The summed E-state index contributed by atoms with van der Waals surface area (Å²) in [6.45, 7) is 3.83. The Morgan fingerprint density at radius 1 is 0.654 bits per heavy atom. The summed E-state index contributed by atoms with van der Waals surface area (Å²) in [6.07, 6.45) is 10.9. The molecule has 0 N–H and O–H groups in total. The molecular weight excluding hydrogens is 320 g/mol. The molecule has 0 aliphatic carbocycles.